The topological polar surface area (TPSA) is 84.6 Å². The number of nitrogen functional groups attached to an aromatic ring is 1. The number of halogens is 3. The average molecular weight is 350 g/mol. The third-order valence-corrected chi connectivity index (χ3v) is 4.88. The highest BCUT2D eigenvalue weighted by Crippen LogP contribution is 2.59. The van der Waals surface area contributed by atoms with Crippen LogP contribution < -0.4 is 15.8 Å². The van der Waals surface area contributed by atoms with Crippen molar-refractivity contribution >= 4 is 11.5 Å². The second-order valence-corrected chi connectivity index (χ2v) is 6.05. The van der Waals surface area contributed by atoms with E-state index in [0.717, 1.165) is 18.2 Å². The zero-order valence-electron chi connectivity index (χ0n) is 12.9. The van der Waals surface area contributed by atoms with Crippen LogP contribution in [0.4, 0.5) is 18.9 Å². The minimum Gasteiger partial charge on any atom is -0.455 e. The molecule has 0 saturated heterocycles. The molecule has 1 heterocycles. The van der Waals surface area contributed by atoms with Crippen molar-refractivity contribution in [2.45, 2.75) is 17.5 Å². The molecule has 8 heteroatoms. The smallest absolute Gasteiger partial charge is 0.416 e. The van der Waals surface area contributed by atoms with Crippen molar-refractivity contribution in [3.05, 3.63) is 58.7 Å². The van der Waals surface area contributed by atoms with Crippen molar-refractivity contribution in [3.8, 4) is 5.75 Å². The maximum absolute atomic E-state index is 13.1. The van der Waals surface area contributed by atoms with Crippen molar-refractivity contribution in [2.24, 2.45) is 0 Å². The Morgan fingerprint density at radius 3 is 2.56 bits per heavy atom. The molecule has 0 aromatic heterocycles. The molecule has 2 aromatic rings. The van der Waals surface area contributed by atoms with Crippen LogP contribution in [0, 0.1) is 0 Å². The van der Waals surface area contributed by atoms with Gasteiger partial charge in [0.05, 0.1) is 11.1 Å². The molecule has 25 heavy (non-hydrogen) atoms. The van der Waals surface area contributed by atoms with Gasteiger partial charge in [0.1, 0.15) is 5.75 Å². The third kappa shape index (κ3) is 1.68. The monoisotopic (exact) mass is 350 g/mol. The number of ether oxygens (including phenoxy) is 1. The number of rotatable bonds is 1. The van der Waals surface area contributed by atoms with Crippen LogP contribution >= 0.6 is 0 Å². The van der Waals surface area contributed by atoms with E-state index in [1.807, 2.05) is 0 Å². The van der Waals surface area contributed by atoms with Gasteiger partial charge in [0.15, 0.2) is 11.3 Å². The fourth-order valence-electron chi connectivity index (χ4n) is 3.76. The quantitative estimate of drug-likeness (QED) is 0.686. The van der Waals surface area contributed by atoms with Gasteiger partial charge in [-0.05, 0) is 25.2 Å². The second kappa shape index (κ2) is 4.53. The summed E-state index contributed by atoms with van der Waals surface area (Å²) in [7, 11) is 1.43. The lowest BCUT2D eigenvalue weighted by Gasteiger charge is -2.33. The summed E-state index contributed by atoms with van der Waals surface area (Å²) in [5.41, 5.74) is 3.70. The van der Waals surface area contributed by atoms with Crippen LogP contribution in [-0.2, 0) is 17.5 Å². The maximum atomic E-state index is 13.1. The molecule has 0 saturated carbocycles. The summed E-state index contributed by atoms with van der Waals surface area (Å²) in [6, 6.07) is 7.30. The number of fused-ring (bicyclic) bond motifs is 5. The SMILES string of the molecule is CNC12C(=O)c3c(N)cccc3C1(O)Oc1cc(C(F)(F)F)ccc12. The average Bonchev–Trinajstić information content (AvgIpc) is 2.91. The van der Waals surface area contributed by atoms with Crippen LogP contribution in [0.3, 0.4) is 0 Å². The number of carbonyl (C=O) groups excluding carboxylic acids is 1. The first kappa shape index (κ1) is 15.9. The van der Waals surface area contributed by atoms with Crippen LogP contribution in [-0.4, -0.2) is 17.9 Å². The Labute approximate surface area is 140 Å². The van der Waals surface area contributed by atoms with Crippen LogP contribution in [0.5, 0.6) is 5.75 Å². The van der Waals surface area contributed by atoms with E-state index >= 15 is 0 Å². The Balaban J connectivity index is 2.00. The minimum absolute atomic E-state index is 0.102. The summed E-state index contributed by atoms with van der Waals surface area (Å²) in [6.07, 6.45) is -4.57. The van der Waals surface area contributed by atoms with Gasteiger partial charge in [0.2, 0.25) is 0 Å². The zero-order valence-corrected chi connectivity index (χ0v) is 12.9. The summed E-state index contributed by atoms with van der Waals surface area (Å²) < 4.78 is 44.4. The number of hydrogen-bond donors (Lipinski definition) is 3. The Morgan fingerprint density at radius 2 is 1.92 bits per heavy atom. The van der Waals surface area contributed by atoms with Crippen LogP contribution in [0.15, 0.2) is 36.4 Å². The number of likely N-dealkylation sites (N-methyl/N-ethyl adjacent to an activating group) is 1. The summed E-state index contributed by atoms with van der Waals surface area (Å²) in [5.74, 6) is -2.94. The molecule has 2 aromatic carbocycles. The zero-order chi connectivity index (χ0) is 18.2. The highest BCUT2D eigenvalue weighted by atomic mass is 19.4. The number of aliphatic hydroxyl groups is 1. The lowest BCUT2D eigenvalue weighted by molar-refractivity contribution is -0.170. The first-order valence-corrected chi connectivity index (χ1v) is 7.42. The summed E-state index contributed by atoms with van der Waals surface area (Å²) in [4.78, 5) is 13.1. The Morgan fingerprint density at radius 1 is 1.20 bits per heavy atom. The van der Waals surface area contributed by atoms with Crippen molar-refractivity contribution in [1.29, 1.82) is 0 Å². The number of ketones is 1. The molecule has 2 aliphatic rings. The number of carbonyl (C=O) groups is 1. The van der Waals surface area contributed by atoms with E-state index in [4.69, 9.17) is 10.5 Å². The molecular weight excluding hydrogens is 337 g/mol. The molecule has 130 valence electrons. The number of anilines is 1. The molecule has 4 rings (SSSR count). The lowest BCUT2D eigenvalue weighted by atomic mass is 9.83. The van der Waals surface area contributed by atoms with E-state index in [9.17, 15) is 23.1 Å². The third-order valence-electron chi connectivity index (χ3n) is 4.88. The van der Waals surface area contributed by atoms with Crippen LogP contribution in [0.25, 0.3) is 0 Å². The van der Waals surface area contributed by atoms with Gasteiger partial charge < -0.3 is 15.6 Å². The van der Waals surface area contributed by atoms with Gasteiger partial charge >= 0.3 is 6.18 Å². The molecule has 0 spiro atoms. The van der Waals surface area contributed by atoms with Crippen molar-refractivity contribution < 1.29 is 27.8 Å². The molecule has 1 aliphatic heterocycles. The summed E-state index contributed by atoms with van der Waals surface area (Å²) in [6.45, 7) is 0. The molecule has 0 radical (unpaired) electrons. The first-order chi connectivity index (χ1) is 11.7. The fraction of sp³-hybridized carbons (Fsp3) is 0.235. The largest absolute Gasteiger partial charge is 0.455 e. The van der Waals surface area contributed by atoms with Gasteiger partial charge in [-0.15, -0.1) is 0 Å². The maximum Gasteiger partial charge on any atom is 0.416 e. The Kier molecular flexibility index (Phi) is 2.88. The van der Waals surface area contributed by atoms with Crippen LogP contribution in [0.2, 0.25) is 0 Å². The van der Waals surface area contributed by atoms with Gasteiger partial charge in [-0.3, -0.25) is 10.1 Å². The van der Waals surface area contributed by atoms with E-state index in [-0.39, 0.29) is 28.1 Å². The predicted octanol–water partition coefficient (Wildman–Crippen LogP) is 2.14. The lowest BCUT2D eigenvalue weighted by Crippen LogP contribution is -2.57. The van der Waals surface area contributed by atoms with E-state index in [1.54, 1.807) is 6.07 Å². The standard InChI is InChI=1S/C17H13F3N2O3/c1-22-15-9-6-5-8(17(18,19)20)7-12(9)25-16(15,24)10-3-2-4-11(21)13(10)14(15)23/h2-7,22,24H,21H2,1H3. The number of nitrogens with one attached hydrogen (secondary N) is 1. The number of nitrogens with two attached hydrogens (primary N) is 1. The number of benzene rings is 2. The first-order valence-electron chi connectivity index (χ1n) is 7.42. The fourth-order valence-corrected chi connectivity index (χ4v) is 3.76. The Hall–Kier alpha value is -2.58. The molecule has 2 atom stereocenters. The molecule has 0 fully saturated rings. The number of hydrogen-bond acceptors (Lipinski definition) is 5. The number of Topliss-reactive ketones (excluding diaryl/α,β-unsaturated/α-hetero) is 1. The predicted molar refractivity (Wildman–Crippen MR) is 81.9 cm³/mol. The molecule has 0 amide bonds. The van der Waals surface area contributed by atoms with Gasteiger partial charge in [0.25, 0.3) is 5.79 Å². The summed E-state index contributed by atoms with van der Waals surface area (Å²) >= 11 is 0. The van der Waals surface area contributed by atoms with Crippen molar-refractivity contribution in [2.75, 3.05) is 12.8 Å². The van der Waals surface area contributed by atoms with Crippen molar-refractivity contribution in [1.82, 2.24) is 5.32 Å². The van der Waals surface area contributed by atoms with E-state index < -0.39 is 28.8 Å². The molecule has 0 bridgehead atoms. The molecule has 5 nitrogen and oxygen atoms in total. The molecule has 2 unspecified atom stereocenters. The van der Waals surface area contributed by atoms with Crippen LogP contribution in [0.1, 0.15) is 27.0 Å². The van der Waals surface area contributed by atoms with Crippen molar-refractivity contribution in [3.63, 3.8) is 0 Å². The highest BCUT2D eigenvalue weighted by Gasteiger charge is 2.70. The van der Waals surface area contributed by atoms with Gasteiger partial charge in [0, 0.05) is 16.8 Å². The molecule has 4 N–H and O–H groups in total. The minimum atomic E-state index is -4.57. The van der Waals surface area contributed by atoms with Gasteiger partial charge in [-0.25, -0.2) is 0 Å². The summed E-state index contributed by atoms with van der Waals surface area (Å²) in [5, 5.41) is 14.0. The normalized spacial score (nSPS) is 26.8. The second-order valence-electron chi connectivity index (χ2n) is 6.05. The molecule has 1 aliphatic carbocycles. The number of alkyl halides is 3. The Bertz CT molecular complexity index is 928. The highest BCUT2D eigenvalue weighted by molar-refractivity contribution is 6.13. The van der Waals surface area contributed by atoms with E-state index in [2.05, 4.69) is 5.32 Å². The van der Waals surface area contributed by atoms with Gasteiger partial charge in [-0.1, -0.05) is 18.2 Å². The molecular formula is C17H13F3N2O3. The van der Waals surface area contributed by atoms with E-state index in [0.29, 0.717) is 0 Å². The van der Waals surface area contributed by atoms with E-state index in [1.165, 1.54) is 19.2 Å². The van der Waals surface area contributed by atoms with Gasteiger partial charge in [-0.2, -0.15) is 13.2 Å².